The fraction of sp³-hybridized carbons (Fsp3) is 0.0625. The Kier molecular flexibility index (Phi) is 3.47. The van der Waals surface area contributed by atoms with Crippen LogP contribution in [0.1, 0.15) is 21.7 Å². The number of carbonyl (C=O) groups excluding carboxylic acids is 1. The highest BCUT2D eigenvalue weighted by atomic mass is 16.2. The number of carbonyl (C=O) groups is 1. The van der Waals surface area contributed by atoms with E-state index in [1.807, 2.05) is 49.4 Å². The highest BCUT2D eigenvalue weighted by Crippen LogP contribution is 2.16. The van der Waals surface area contributed by atoms with Crippen LogP contribution in [0.2, 0.25) is 0 Å². The van der Waals surface area contributed by atoms with Gasteiger partial charge in [0.05, 0.1) is 6.21 Å². The number of H-pyrrole nitrogens is 1. The number of hydrazone groups is 1. The average molecular weight is 278 g/mol. The number of fused-ring (bicyclic) bond motifs is 1. The van der Waals surface area contributed by atoms with Crippen molar-refractivity contribution in [3.8, 4) is 0 Å². The van der Waals surface area contributed by atoms with Crippen LogP contribution >= 0.6 is 0 Å². The molecule has 21 heavy (non-hydrogen) atoms. The minimum Gasteiger partial charge on any atom is -0.282 e. The number of hydrogen-bond acceptors (Lipinski definition) is 3. The van der Waals surface area contributed by atoms with Crippen LogP contribution in [0.15, 0.2) is 53.6 Å². The quantitative estimate of drug-likeness (QED) is 0.571. The summed E-state index contributed by atoms with van der Waals surface area (Å²) in [6.45, 7) is 1.84. The van der Waals surface area contributed by atoms with Crippen LogP contribution in [0.25, 0.3) is 10.8 Å². The van der Waals surface area contributed by atoms with Crippen molar-refractivity contribution in [1.82, 2.24) is 15.6 Å². The van der Waals surface area contributed by atoms with E-state index in [-0.39, 0.29) is 5.91 Å². The topological polar surface area (TPSA) is 70.1 Å². The first-order chi connectivity index (χ1) is 10.2. The molecule has 0 spiro atoms. The molecule has 1 heterocycles. The van der Waals surface area contributed by atoms with Crippen molar-refractivity contribution in [2.24, 2.45) is 5.10 Å². The summed E-state index contributed by atoms with van der Waals surface area (Å²) in [6, 6.07) is 15.7. The molecule has 1 amide bonds. The maximum absolute atomic E-state index is 11.8. The van der Waals surface area contributed by atoms with E-state index in [0.717, 1.165) is 22.0 Å². The normalized spacial score (nSPS) is 11.1. The first-order valence-electron chi connectivity index (χ1n) is 6.57. The Morgan fingerprint density at radius 3 is 2.86 bits per heavy atom. The molecule has 0 saturated carbocycles. The van der Waals surface area contributed by atoms with E-state index in [1.165, 1.54) is 0 Å². The van der Waals surface area contributed by atoms with Crippen molar-refractivity contribution in [3.05, 3.63) is 65.5 Å². The zero-order valence-electron chi connectivity index (χ0n) is 11.5. The molecule has 2 aromatic carbocycles. The molecule has 0 saturated heterocycles. The molecule has 0 bridgehead atoms. The monoisotopic (exact) mass is 278 g/mol. The number of benzene rings is 2. The van der Waals surface area contributed by atoms with Gasteiger partial charge in [0.15, 0.2) is 5.69 Å². The first kappa shape index (κ1) is 13.1. The van der Waals surface area contributed by atoms with Crippen LogP contribution in [0.4, 0.5) is 0 Å². The summed E-state index contributed by atoms with van der Waals surface area (Å²) in [5, 5.41) is 12.8. The Morgan fingerprint density at radius 1 is 1.24 bits per heavy atom. The van der Waals surface area contributed by atoms with Gasteiger partial charge in [-0.25, -0.2) is 5.43 Å². The number of aromatic amines is 1. The highest BCUT2D eigenvalue weighted by Gasteiger charge is 2.07. The Morgan fingerprint density at radius 2 is 2.05 bits per heavy atom. The van der Waals surface area contributed by atoms with Gasteiger partial charge in [0.1, 0.15) is 0 Å². The Balaban J connectivity index is 1.78. The van der Waals surface area contributed by atoms with E-state index in [4.69, 9.17) is 0 Å². The summed E-state index contributed by atoms with van der Waals surface area (Å²) < 4.78 is 0. The van der Waals surface area contributed by atoms with Gasteiger partial charge in [-0.3, -0.25) is 9.89 Å². The second-order valence-electron chi connectivity index (χ2n) is 4.70. The summed E-state index contributed by atoms with van der Waals surface area (Å²) in [5.41, 5.74) is 4.58. The minimum absolute atomic E-state index is 0.322. The fourth-order valence-corrected chi connectivity index (χ4v) is 2.12. The van der Waals surface area contributed by atoms with E-state index in [2.05, 4.69) is 20.7 Å². The van der Waals surface area contributed by atoms with Crippen molar-refractivity contribution in [1.29, 1.82) is 0 Å². The van der Waals surface area contributed by atoms with Crippen LogP contribution in [0.5, 0.6) is 0 Å². The number of nitrogens with one attached hydrogen (secondary N) is 2. The molecule has 1 aromatic heterocycles. The molecule has 5 heteroatoms. The summed E-state index contributed by atoms with van der Waals surface area (Å²) in [6.07, 6.45) is 1.64. The SMILES string of the molecule is Cc1cc(C(=O)NN=Cc2cccc3ccccc23)n[nH]1. The van der Waals surface area contributed by atoms with Crippen LogP contribution < -0.4 is 5.43 Å². The van der Waals surface area contributed by atoms with E-state index < -0.39 is 0 Å². The van der Waals surface area contributed by atoms with Gasteiger partial charge in [0, 0.05) is 11.3 Å². The van der Waals surface area contributed by atoms with E-state index in [0.29, 0.717) is 5.69 Å². The van der Waals surface area contributed by atoms with Gasteiger partial charge < -0.3 is 0 Å². The molecule has 104 valence electrons. The van der Waals surface area contributed by atoms with Crippen LogP contribution in [-0.2, 0) is 0 Å². The fourth-order valence-electron chi connectivity index (χ4n) is 2.12. The van der Waals surface area contributed by atoms with Gasteiger partial charge in [-0.1, -0.05) is 42.5 Å². The zero-order valence-corrected chi connectivity index (χ0v) is 11.5. The third-order valence-electron chi connectivity index (χ3n) is 3.13. The standard InChI is InChI=1S/C16H14N4O/c1-11-9-15(19-18-11)16(21)20-17-10-13-7-4-6-12-5-2-3-8-14(12)13/h2-10H,1H3,(H,18,19)(H,20,21). The molecular formula is C16H14N4O. The maximum Gasteiger partial charge on any atom is 0.291 e. The number of aryl methyl sites for hydroxylation is 1. The van der Waals surface area contributed by atoms with Crippen LogP contribution in [-0.4, -0.2) is 22.3 Å². The molecule has 0 aliphatic rings. The Labute approximate surface area is 121 Å². The third kappa shape index (κ3) is 2.81. The van der Waals surface area contributed by atoms with E-state index >= 15 is 0 Å². The van der Waals surface area contributed by atoms with E-state index in [9.17, 15) is 4.79 Å². The van der Waals surface area contributed by atoms with Crippen molar-refractivity contribution in [2.75, 3.05) is 0 Å². The molecule has 0 radical (unpaired) electrons. The summed E-state index contributed by atoms with van der Waals surface area (Å²) in [7, 11) is 0. The first-order valence-corrected chi connectivity index (χ1v) is 6.57. The lowest BCUT2D eigenvalue weighted by Crippen LogP contribution is -2.18. The Bertz CT molecular complexity index is 815. The van der Waals surface area contributed by atoms with Crippen molar-refractivity contribution in [3.63, 3.8) is 0 Å². The van der Waals surface area contributed by atoms with Crippen LogP contribution in [0.3, 0.4) is 0 Å². The molecular weight excluding hydrogens is 264 g/mol. The molecule has 2 N–H and O–H groups in total. The molecule has 0 unspecified atom stereocenters. The third-order valence-corrected chi connectivity index (χ3v) is 3.13. The van der Waals surface area contributed by atoms with Crippen molar-refractivity contribution in [2.45, 2.75) is 6.92 Å². The molecule has 0 aliphatic carbocycles. The predicted octanol–water partition coefficient (Wildman–Crippen LogP) is 2.64. The lowest BCUT2D eigenvalue weighted by atomic mass is 10.1. The van der Waals surface area contributed by atoms with Crippen LogP contribution in [0, 0.1) is 6.92 Å². The highest BCUT2D eigenvalue weighted by molar-refractivity contribution is 6.00. The molecule has 3 aromatic rings. The molecule has 0 fully saturated rings. The van der Waals surface area contributed by atoms with Crippen molar-refractivity contribution < 1.29 is 4.79 Å². The van der Waals surface area contributed by atoms with E-state index in [1.54, 1.807) is 12.3 Å². The smallest absolute Gasteiger partial charge is 0.282 e. The average Bonchev–Trinajstić information content (AvgIpc) is 2.94. The molecule has 0 aliphatic heterocycles. The number of nitrogens with zero attached hydrogens (tertiary/aromatic N) is 2. The molecule has 5 nitrogen and oxygen atoms in total. The zero-order chi connectivity index (χ0) is 14.7. The van der Waals surface area contributed by atoms with Gasteiger partial charge >= 0.3 is 0 Å². The van der Waals surface area contributed by atoms with Gasteiger partial charge in [0.2, 0.25) is 0 Å². The number of amides is 1. The maximum atomic E-state index is 11.8. The Hall–Kier alpha value is -2.95. The summed E-state index contributed by atoms with van der Waals surface area (Å²) in [4.78, 5) is 11.8. The molecule has 3 rings (SSSR count). The molecule has 0 atom stereocenters. The second-order valence-corrected chi connectivity index (χ2v) is 4.70. The minimum atomic E-state index is -0.337. The second kappa shape index (κ2) is 5.58. The number of rotatable bonds is 3. The lowest BCUT2D eigenvalue weighted by molar-refractivity contribution is 0.0950. The van der Waals surface area contributed by atoms with Gasteiger partial charge in [-0.05, 0) is 23.8 Å². The van der Waals surface area contributed by atoms with Gasteiger partial charge in [0.25, 0.3) is 5.91 Å². The predicted molar refractivity (Wildman–Crippen MR) is 82.3 cm³/mol. The summed E-state index contributed by atoms with van der Waals surface area (Å²) in [5.74, 6) is -0.337. The van der Waals surface area contributed by atoms with Crippen molar-refractivity contribution >= 4 is 22.9 Å². The largest absolute Gasteiger partial charge is 0.291 e. The summed E-state index contributed by atoms with van der Waals surface area (Å²) >= 11 is 0. The number of aromatic nitrogens is 2. The van der Waals surface area contributed by atoms with Gasteiger partial charge in [-0.2, -0.15) is 10.2 Å². The van der Waals surface area contributed by atoms with Gasteiger partial charge in [-0.15, -0.1) is 0 Å². The lowest BCUT2D eigenvalue weighted by Gasteiger charge is -2.01. The number of hydrogen-bond donors (Lipinski definition) is 2.